The summed E-state index contributed by atoms with van der Waals surface area (Å²) in [6.45, 7) is 18.6. The molecule has 0 radical (unpaired) electrons. The molecule has 244 valence electrons. The highest BCUT2D eigenvalue weighted by atomic mass is 127. The minimum Gasteiger partial charge on any atom is -0.385 e. The fourth-order valence-corrected chi connectivity index (χ4v) is 10.1. The van der Waals surface area contributed by atoms with Gasteiger partial charge in [0.15, 0.2) is 0 Å². The van der Waals surface area contributed by atoms with E-state index in [9.17, 15) is 4.39 Å². The third-order valence-corrected chi connectivity index (χ3v) is 13.5. The SMILES string of the molecule is C=C(CC)[C@H]1CC(C)=C(CCN(I)C2CCN(C[C@@H]3C[C@H](C4CC4)C(C4CCC(F)CC4)=CC3CCC)CC2)N[C@H]1CC. The van der Waals surface area contributed by atoms with Crippen molar-refractivity contribution in [1.29, 1.82) is 0 Å². The lowest BCUT2D eigenvalue weighted by atomic mass is 9.66. The fourth-order valence-electron chi connectivity index (χ4n) is 9.32. The molecule has 2 aliphatic heterocycles. The van der Waals surface area contributed by atoms with Crippen molar-refractivity contribution in [3.63, 3.8) is 0 Å². The smallest absolute Gasteiger partial charge is 0.100 e. The van der Waals surface area contributed by atoms with Crippen molar-refractivity contribution in [2.75, 3.05) is 26.2 Å². The Bertz CT molecular complexity index is 972. The summed E-state index contributed by atoms with van der Waals surface area (Å²) in [5.41, 5.74) is 6.25. The van der Waals surface area contributed by atoms with Crippen LogP contribution in [0.15, 0.2) is 35.1 Å². The van der Waals surface area contributed by atoms with Crippen LogP contribution >= 0.6 is 22.9 Å². The lowest BCUT2D eigenvalue weighted by molar-refractivity contribution is 0.119. The van der Waals surface area contributed by atoms with Gasteiger partial charge in [-0.05, 0) is 133 Å². The number of allylic oxidation sites excluding steroid dienone is 3. The molecule has 5 rings (SSSR count). The van der Waals surface area contributed by atoms with Crippen molar-refractivity contribution in [1.82, 2.24) is 13.3 Å². The second kappa shape index (κ2) is 15.9. The number of rotatable bonds is 13. The average Bonchev–Trinajstić information content (AvgIpc) is 3.87. The number of halogens is 2. The van der Waals surface area contributed by atoms with Crippen LogP contribution in [0.1, 0.15) is 124 Å². The predicted octanol–water partition coefficient (Wildman–Crippen LogP) is 10.0. The summed E-state index contributed by atoms with van der Waals surface area (Å²) in [4.78, 5) is 2.83. The van der Waals surface area contributed by atoms with Crippen LogP contribution in [0.4, 0.5) is 4.39 Å². The van der Waals surface area contributed by atoms with E-state index in [0.29, 0.717) is 23.9 Å². The molecule has 3 fully saturated rings. The Balaban J connectivity index is 1.12. The van der Waals surface area contributed by atoms with Gasteiger partial charge in [0.25, 0.3) is 0 Å². The Labute approximate surface area is 278 Å². The summed E-state index contributed by atoms with van der Waals surface area (Å²) in [5.74, 6) is 4.55. The van der Waals surface area contributed by atoms with Gasteiger partial charge in [-0.25, -0.2) is 7.50 Å². The fraction of sp³-hybridized carbons (Fsp3) is 0.842. The highest BCUT2D eigenvalue weighted by molar-refractivity contribution is 14.1. The van der Waals surface area contributed by atoms with Crippen molar-refractivity contribution < 1.29 is 4.39 Å². The summed E-state index contributed by atoms with van der Waals surface area (Å²) in [5, 5.41) is 3.94. The van der Waals surface area contributed by atoms with E-state index in [1.807, 2.05) is 0 Å². The summed E-state index contributed by atoms with van der Waals surface area (Å²) in [6.07, 6.45) is 20.1. The molecule has 5 aliphatic rings. The number of piperidine rings is 1. The van der Waals surface area contributed by atoms with Crippen molar-refractivity contribution >= 4 is 22.9 Å². The normalized spacial score (nSPS) is 34.8. The lowest BCUT2D eigenvalue weighted by Crippen LogP contribution is -2.45. The molecule has 0 aromatic carbocycles. The molecule has 3 nitrogen and oxygen atoms in total. The molecule has 1 saturated heterocycles. The Morgan fingerprint density at radius 1 is 1.07 bits per heavy atom. The summed E-state index contributed by atoms with van der Waals surface area (Å²) in [6, 6.07) is 1.24. The minimum absolute atomic E-state index is 0.543. The molecule has 0 aromatic rings. The second-order valence-electron chi connectivity index (χ2n) is 15.2. The van der Waals surface area contributed by atoms with E-state index < -0.39 is 6.17 Å². The second-order valence-corrected chi connectivity index (χ2v) is 16.4. The number of hydrogen-bond acceptors (Lipinski definition) is 3. The molecule has 2 saturated carbocycles. The number of likely N-dealkylation sites (tertiary alicyclic amines) is 1. The molecule has 0 amide bonds. The maximum atomic E-state index is 14.0. The first-order chi connectivity index (χ1) is 20.8. The van der Waals surface area contributed by atoms with Gasteiger partial charge in [-0.3, -0.25) is 0 Å². The Kier molecular flexibility index (Phi) is 12.6. The molecule has 0 aromatic heterocycles. The Morgan fingerprint density at radius 3 is 2.42 bits per heavy atom. The molecule has 0 bridgehead atoms. The van der Waals surface area contributed by atoms with Gasteiger partial charge in [0, 0.05) is 66.1 Å². The van der Waals surface area contributed by atoms with Crippen LogP contribution in [-0.4, -0.2) is 52.4 Å². The lowest BCUT2D eigenvalue weighted by Gasteiger charge is -2.43. The summed E-state index contributed by atoms with van der Waals surface area (Å²) >= 11 is 2.64. The number of nitrogens with one attached hydrogen (secondary N) is 1. The average molecular weight is 708 g/mol. The maximum absolute atomic E-state index is 14.0. The van der Waals surface area contributed by atoms with Gasteiger partial charge in [0.2, 0.25) is 0 Å². The van der Waals surface area contributed by atoms with Gasteiger partial charge in [0.05, 0.1) is 0 Å². The van der Waals surface area contributed by atoms with E-state index in [0.717, 1.165) is 68.7 Å². The van der Waals surface area contributed by atoms with Crippen molar-refractivity contribution in [3.05, 3.63) is 35.1 Å². The zero-order chi connectivity index (χ0) is 30.5. The molecular weight excluding hydrogens is 644 g/mol. The van der Waals surface area contributed by atoms with Gasteiger partial charge in [-0.1, -0.05) is 56.6 Å². The maximum Gasteiger partial charge on any atom is 0.100 e. The molecule has 1 N–H and O–H groups in total. The molecule has 1 unspecified atom stereocenters. The highest BCUT2D eigenvalue weighted by Gasteiger charge is 2.43. The quantitative estimate of drug-likeness (QED) is 0.117. The van der Waals surface area contributed by atoms with E-state index >= 15 is 0 Å². The van der Waals surface area contributed by atoms with Gasteiger partial charge in [0.1, 0.15) is 6.17 Å². The first-order valence-corrected chi connectivity index (χ1v) is 19.4. The molecular formula is C38H63FIN3. The predicted molar refractivity (Wildman–Crippen MR) is 190 cm³/mol. The summed E-state index contributed by atoms with van der Waals surface area (Å²) in [7, 11) is 0. The first-order valence-electron chi connectivity index (χ1n) is 18.4. The molecule has 5 atom stereocenters. The number of hydrogen-bond donors (Lipinski definition) is 1. The number of nitrogens with zero attached hydrogens (tertiary/aromatic N) is 2. The first kappa shape index (κ1) is 33.9. The van der Waals surface area contributed by atoms with E-state index in [4.69, 9.17) is 0 Å². The number of alkyl halides is 1. The molecule has 5 heteroatoms. The van der Waals surface area contributed by atoms with Gasteiger partial charge < -0.3 is 10.2 Å². The van der Waals surface area contributed by atoms with Crippen LogP contribution in [0.2, 0.25) is 0 Å². The van der Waals surface area contributed by atoms with Gasteiger partial charge >= 0.3 is 0 Å². The van der Waals surface area contributed by atoms with E-state index in [1.54, 1.807) is 11.1 Å². The zero-order valence-corrected chi connectivity index (χ0v) is 30.2. The largest absolute Gasteiger partial charge is 0.385 e. The Morgan fingerprint density at radius 2 is 1.79 bits per heavy atom. The van der Waals surface area contributed by atoms with Crippen molar-refractivity contribution in [3.8, 4) is 0 Å². The highest BCUT2D eigenvalue weighted by Crippen LogP contribution is 2.52. The third-order valence-electron chi connectivity index (χ3n) is 12.3. The van der Waals surface area contributed by atoms with Crippen molar-refractivity contribution in [2.24, 2.45) is 35.5 Å². The third kappa shape index (κ3) is 8.70. The molecule has 2 heterocycles. The minimum atomic E-state index is -0.543. The van der Waals surface area contributed by atoms with Crippen LogP contribution in [0.5, 0.6) is 0 Å². The van der Waals surface area contributed by atoms with E-state index in [2.05, 4.69) is 76.5 Å². The molecule has 0 spiro atoms. The summed E-state index contributed by atoms with van der Waals surface area (Å²) < 4.78 is 16.6. The standard InChI is InChI=1S/C38H63FIN3/c1-6-9-30-23-35(29-12-14-32(39)15-13-29)36(28-10-11-28)24-31(30)25-42-19-16-33(17-20-42)43(40)21-18-38-27(5)22-34(26(4)7-2)37(8-3)41-38/h23,28-34,36-37,41H,4,6-22,24-25H2,1-3,5H3/t29?,30?,31-,32?,34+,36+,37-/m0/s1. The zero-order valence-electron chi connectivity index (χ0n) is 28.1. The monoisotopic (exact) mass is 707 g/mol. The van der Waals surface area contributed by atoms with Gasteiger partial charge in [-0.15, -0.1) is 0 Å². The van der Waals surface area contributed by atoms with Crippen LogP contribution < -0.4 is 5.32 Å². The van der Waals surface area contributed by atoms with Crippen LogP contribution in [0, 0.1) is 35.5 Å². The topological polar surface area (TPSA) is 18.5 Å². The molecule has 43 heavy (non-hydrogen) atoms. The van der Waals surface area contributed by atoms with Crippen LogP contribution in [0.25, 0.3) is 0 Å². The molecule has 3 aliphatic carbocycles. The van der Waals surface area contributed by atoms with Crippen LogP contribution in [-0.2, 0) is 0 Å². The van der Waals surface area contributed by atoms with E-state index in [1.165, 1.54) is 88.7 Å². The van der Waals surface area contributed by atoms with Crippen LogP contribution in [0.3, 0.4) is 0 Å². The van der Waals surface area contributed by atoms with E-state index in [-0.39, 0.29) is 0 Å². The van der Waals surface area contributed by atoms with Gasteiger partial charge in [-0.2, -0.15) is 0 Å². The van der Waals surface area contributed by atoms with Crippen molar-refractivity contribution in [2.45, 2.75) is 142 Å². The Hall–Kier alpha value is -0.400.